The van der Waals surface area contributed by atoms with Gasteiger partial charge in [-0.2, -0.15) is 0 Å². The number of amides is 1. The highest BCUT2D eigenvalue weighted by atomic mass is 19.1. The van der Waals surface area contributed by atoms with Crippen molar-refractivity contribution in [3.63, 3.8) is 0 Å². The Hall–Kier alpha value is -2.15. The van der Waals surface area contributed by atoms with Crippen LogP contribution in [0.15, 0.2) is 12.4 Å². The Bertz CT molecular complexity index is 934. The minimum atomic E-state index is -0.951. The number of piperidine rings is 2. The van der Waals surface area contributed by atoms with E-state index in [4.69, 9.17) is 4.74 Å². The number of methoxy groups -OCH3 is 1. The van der Waals surface area contributed by atoms with Crippen molar-refractivity contribution in [2.75, 3.05) is 7.11 Å². The number of ether oxygens (including phenoxy) is 1. The molecule has 1 amide bonds. The quantitative estimate of drug-likeness (QED) is 0.822. The molecule has 2 aromatic heterocycles. The average Bonchev–Trinajstić information content (AvgIpc) is 3.05. The van der Waals surface area contributed by atoms with E-state index in [1.54, 1.807) is 6.20 Å². The Morgan fingerprint density at radius 3 is 2.59 bits per heavy atom. The number of carbonyl (C=O) groups excluding carboxylic acids is 1. The number of fused-ring (bicyclic) bond motifs is 3. The van der Waals surface area contributed by atoms with Gasteiger partial charge in [-0.05, 0) is 57.9 Å². The van der Waals surface area contributed by atoms with Crippen LogP contribution in [0.2, 0.25) is 0 Å². The van der Waals surface area contributed by atoms with Gasteiger partial charge in [-0.15, -0.1) is 0 Å². The number of halogens is 1. The maximum absolute atomic E-state index is 15.0. The Morgan fingerprint density at radius 2 is 2.00 bits per heavy atom. The fraction of sp³-hybridized carbons (Fsp3) is 0.636. The van der Waals surface area contributed by atoms with E-state index in [0.717, 1.165) is 12.8 Å². The molecule has 2 bridgehead atoms. The van der Waals surface area contributed by atoms with Gasteiger partial charge in [0.05, 0.1) is 29.7 Å². The molecular weight excluding hydrogens is 373 g/mol. The average molecular weight is 403 g/mol. The van der Waals surface area contributed by atoms with Crippen molar-refractivity contribution in [1.82, 2.24) is 14.9 Å². The van der Waals surface area contributed by atoms with E-state index in [9.17, 15) is 9.90 Å². The Balaban J connectivity index is 1.75. The van der Waals surface area contributed by atoms with Gasteiger partial charge in [0.2, 0.25) is 5.91 Å². The molecule has 2 saturated heterocycles. The lowest BCUT2D eigenvalue weighted by molar-refractivity contribution is -0.156. The van der Waals surface area contributed by atoms with Gasteiger partial charge in [-0.25, -0.2) is 9.37 Å². The van der Waals surface area contributed by atoms with Gasteiger partial charge in [-0.1, -0.05) is 6.92 Å². The van der Waals surface area contributed by atoms with Crippen molar-refractivity contribution < 1.29 is 19.0 Å². The van der Waals surface area contributed by atoms with Crippen LogP contribution in [0.3, 0.4) is 0 Å². The SMILES string of the molecule is COc1cnc2[nH]cc(C(C)(C)C(=O)N3C4CC(C)CC3CC(C)(O)C4)c2c1F. The molecule has 6 nitrogen and oxygen atoms in total. The van der Waals surface area contributed by atoms with Crippen LogP contribution >= 0.6 is 0 Å². The summed E-state index contributed by atoms with van der Waals surface area (Å²) in [5.74, 6) is 0.0385. The van der Waals surface area contributed by atoms with E-state index in [1.165, 1.54) is 13.3 Å². The number of aliphatic hydroxyl groups is 1. The van der Waals surface area contributed by atoms with E-state index in [2.05, 4.69) is 16.9 Å². The molecule has 0 aliphatic carbocycles. The molecule has 2 fully saturated rings. The van der Waals surface area contributed by atoms with Crippen molar-refractivity contribution in [1.29, 1.82) is 0 Å². The molecule has 2 aliphatic rings. The second kappa shape index (κ2) is 6.69. The van der Waals surface area contributed by atoms with Gasteiger partial charge in [0.25, 0.3) is 0 Å². The van der Waals surface area contributed by atoms with Crippen LogP contribution in [0.25, 0.3) is 11.0 Å². The zero-order valence-corrected chi connectivity index (χ0v) is 17.8. The summed E-state index contributed by atoms with van der Waals surface area (Å²) < 4.78 is 20.1. The smallest absolute Gasteiger partial charge is 0.233 e. The van der Waals surface area contributed by atoms with Gasteiger partial charge in [0.15, 0.2) is 11.6 Å². The van der Waals surface area contributed by atoms with Crippen LogP contribution in [0.1, 0.15) is 58.9 Å². The van der Waals surface area contributed by atoms with Crippen LogP contribution < -0.4 is 4.74 Å². The molecule has 2 atom stereocenters. The number of hydrogen-bond donors (Lipinski definition) is 2. The molecular formula is C22H30FN3O3. The molecule has 0 radical (unpaired) electrons. The summed E-state index contributed by atoms with van der Waals surface area (Å²) in [6, 6.07) is 0.00368. The van der Waals surface area contributed by atoms with E-state index < -0.39 is 16.8 Å². The number of aromatic amines is 1. The molecule has 158 valence electrons. The van der Waals surface area contributed by atoms with Gasteiger partial charge < -0.3 is 19.7 Å². The van der Waals surface area contributed by atoms with E-state index in [1.807, 2.05) is 25.7 Å². The number of H-pyrrole nitrogens is 1. The fourth-order valence-electron chi connectivity index (χ4n) is 5.46. The lowest BCUT2D eigenvalue weighted by Gasteiger charge is -2.54. The number of hydrogen-bond acceptors (Lipinski definition) is 4. The first-order chi connectivity index (χ1) is 13.5. The topological polar surface area (TPSA) is 78.5 Å². The highest BCUT2D eigenvalue weighted by Gasteiger charge is 2.50. The Morgan fingerprint density at radius 1 is 1.38 bits per heavy atom. The fourth-order valence-corrected chi connectivity index (χ4v) is 5.46. The van der Waals surface area contributed by atoms with Crippen LogP contribution in [0.5, 0.6) is 5.75 Å². The first kappa shape index (κ1) is 20.1. The molecule has 7 heteroatoms. The Labute approximate surface area is 170 Å². The normalized spacial score (nSPS) is 29.9. The third-order valence-electron chi connectivity index (χ3n) is 6.75. The monoisotopic (exact) mass is 403 g/mol. The van der Waals surface area contributed by atoms with Gasteiger partial charge >= 0.3 is 0 Å². The number of nitrogens with one attached hydrogen (secondary N) is 1. The molecule has 0 spiro atoms. The first-order valence-corrected chi connectivity index (χ1v) is 10.3. The van der Waals surface area contributed by atoms with Crippen LogP contribution in [-0.4, -0.2) is 50.7 Å². The highest BCUT2D eigenvalue weighted by Crippen LogP contribution is 2.44. The standard InChI is InChI=1S/C22H30FN3O3/c1-12-6-13-8-22(4,28)9-14(7-12)26(13)20(27)21(2,3)15-10-24-19-17(15)18(23)16(29-5)11-25-19/h10-14,28H,6-9H2,1-5H3,(H,24,25). The number of pyridine rings is 1. The van der Waals surface area contributed by atoms with Crippen molar-refractivity contribution >= 4 is 16.9 Å². The zero-order chi connectivity index (χ0) is 21.1. The van der Waals surface area contributed by atoms with E-state index >= 15 is 4.39 Å². The molecule has 0 aromatic carbocycles. The summed E-state index contributed by atoms with van der Waals surface area (Å²) in [4.78, 5) is 23.0. The minimum Gasteiger partial charge on any atom is -0.492 e. The molecule has 0 saturated carbocycles. The summed E-state index contributed by atoms with van der Waals surface area (Å²) in [5.41, 5.74) is -0.729. The van der Waals surface area contributed by atoms with Crippen molar-refractivity contribution in [2.45, 2.75) is 76.5 Å². The Kier molecular flexibility index (Phi) is 4.64. The third kappa shape index (κ3) is 3.19. The third-order valence-corrected chi connectivity index (χ3v) is 6.75. The lowest BCUT2D eigenvalue weighted by atomic mass is 9.71. The van der Waals surface area contributed by atoms with Crippen LogP contribution in [-0.2, 0) is 10.2 Å². The predicted octanol–water partition coefficient (Wildman–Crippen LogP) is 3.53. The highest BCUT2D eigenvalue weighted by molar-refractivity contribution is 5.94. The maximum atomic E-state index is 15.0. The van der Waals surface area contributed by atoms with Crippen molar-refractivity contribution in [2.24, 2.45) is 5.92 Å². The van der Waals surface area contributed by atoms with Crippen molar-refractivity contribution in [3.8, 4) is 5.75 Å². The number of rotatable bonds is 3. The predicted molar refractivity (Wildman–Crippen MR) is 108 cm³/mol. The van der Waals surface area contributed by atoms with Crippen LogP contribution in [0, 0.1) is 11.7 Å². The number of aromatic nitrogens is 2. The molecule has 2 unspecified atom stereocenters. The zero-order valence-electron chi connectivity index (χ0n) is 17.8. The maximum Gasteiger partial charge on any atom is 0.233 e. The van der Waals surface area contributed by atoms with E-state index in [0.29, 0.717) is 35.4 Å². The summed E-state index contributed by atoms with van der Waals surface area (Å²) in [7, 11) is 1.40. The lowest BCUT2D eigenvalue weighted by Crippen LogP contribution is -2.63. The van der Waals surface area contributed by atoms with Gasteiger partial charge in [0.1, 0.15) is 5.65 Å². The molecule has 4 heterocycles. The summed E-state index contributed by atoms with van der Waals surface area (Å²) in [6.45, 7) is 7.74. The first-order valence-electron chi connectivity index (χ1n) is 10.3. The second-order valence-electron chi connectivity index (χ2n) is 9.69. The van der Waals surface area contributed by atoms with Gasteiger partial charge in [-0.3, -0.25) is 4.79 Å². The molecule has 2 N–H and O–H groups in total. The molecule has 4 rings (SSSR count). The largest absolute Gasteiger partial charge is 0.492 e. The number of carbonyl (C=O) groups is 1. The number of nitrogens with zero attached hydrogens (tertiary/aromatic N) is 2. The summed E-state index contributed by atoms with van der Waals surface area (Å²) >= 11 is 0. The van der Waals surface area contributed by atoms with Crippen LogP contribution in [0.4, 0.5) is 4.39 Å². The minimum absolute atomic E-state index is 0.00184. The summed E-state index contributed by atoms with van der Waals surface area (Å²) in [6.07, 6.45) is 5.93. The van der Waals surface area contributed by atoms with Crippen molar-refractivity contribution in [3.05, 3.63) is 23.8 Å². The second-order valence-corrected chi connectivity index (χ2v) is 9.69. The molecule has 29 heavy (non-hydrogen) atoms. The summed E-state index contributed by atoms with van der Waals surface area (Å²) in [5, 5.41) is 11.0. The van der Waals surface area contributed by atoms with E-state index in [-0.39, 0.29) is 23.7 Å². The molecule has 2 aliphatic heterocycles. The van der Waals surface area contributed by atoms with Gasteiger partial charge in [0, 0.05) is 18.3 Å². The molecule has 2 aromatic rings.